The Labute approximate surface area is 132 Å². The van der Waals surface area contributed by atoms with Gasteiger partial charge in [0.1, 0.15) is 0 Å². The first kappa shape index (κ1) is 12.7. The average molecular weight is 226 g/mol. The Balaban J connectivity index is 0.00000112. The molecule has 0 aliphatic carbocycles. The van der Waals surface area contributed by atoms with Gasteiger partial charge in [-0.05, 0) is 24.3 Å². The molecular formula is C12H11KO2. The summed E-state index contributed by atoms with van der Waals surface area (Å²) in [6.45, 7) is 0. The number of para-hydroxylation sites is 2. The van der Waals surface area contributed by atoms with Gasteiger partial charge >= 0.3 is 51.4 Å². The number of rotatable bonds is 3. The molecule has 72 valence electrons. The summed E-state index contributed by atoms with van der Waals surface area (Å²) in [7, 11) is 0. The molecule has 0 aromatic heterocycles. The van der Waals surface area contributed by atoms with Crippen molar-refractivity contribution in [3.8, 4) is 11.5 Å². The van der Waals surface area contributed by atoms with Crippen molar-refractivity contribution in [3.63, 3.8) is 0 Å². The fourth-order valence-corrected chi connectivity index (χ4v) is 1.05. The van der Waals surface area contributed by atoms with E-state index in [4.69, 9.17) is 9.78 Å². The third-order valence-electron chi connectivity index (χ3n) is 1.72. The van der Waals surface area contributed by atoms with Crippen molar-refractivity contribution >= 4 is 51.4 Å². The van der Waals surface area contributed by atoms with E-state index in [1.807, 2.05) is 60.7 Å². The van der Waals surface area contributed by atoms with Crippen LogP contribution in [0.25, 0.3) is 0 Å². The molecule has 0 aliphatic heterocycles. The Hall–Kier alpha value is -0.324. The Kier molecular flexibility index (Phi) is 5.98. The summed E-state index contributed by atoms with van der Waals surface area (Å²) in [6.07, 6.45) is 0. The topological polar surface area (TPSA) is 18.5 Å². The third kappa shape index (κ3) is 4.36. The largest absolute Gasteiger partial charge is 0.290 e. The van der Waals surface area contributed by atoms with Gasteiger partial charge in [0.2, 0.25) is 0 Å². The summed E-state index contributed by atoms with van der Waals surface area (Å²) in [6, 6.07) is 18.8. The fraction of sp³-hybridized carbons (Fsp3) is 0. The summed E-state index contributed by atoms with van der Waals surface area (Å²) < 4.78 is 0. The molecule has 0 atom stereocenters. The van der Waals surface area contributed by atoms with Crippen molar-refractivity contribution in [1.29, 1.82) is 0 Å². The van der Waals surface area contributed by atoms with Crippen LogP contribution in [-0.2, 0) is 0 Å². The SMILES string of the molecule is [KH].c1ccc(OOc2ccccc2)cc1. The molecule has 0 N–H and O–H groups in total. The standard InChI is InChI=1S/C12H10O2.K.H/c1-3-7-11(8-4-1)13-14-12-9-5-2-6-10-12;;/h1-10H;;. The van der Waals surface area contributed by atoms with E-state index in [0.29, 0.717) is 11.5 Å². The second-order valence-corrected chi connectivity index (χ2v) is 2.79. The van der Waals surface area contributed by atoms with Gasteiger partial charge in [-0.3, -0.25) is 9.78 Å². The van der Waals surface area contributed by atoms with Crippen LogP contribution in [0.3, 0.4) is 0 Å². The zero-order chi connectivity index (χ0) is 9.64. The first-order chi connectivity index (χ1) is 6.95. The van der Waals surface area contributed by atoms with E-state index >= 15 is 0 Å². The van der Waals surface area contributed by atoms with Crippen LogP contribution in [0.15, 0.2) is 60.7 Å². The number of hydrogen-bond donors (Lipinski definition) is 0. The molecule has 0 amide bonds. The zero-order valence-electron chi connectivity index (χ0n) is 7.59. The first-order valence-corrected chi connectivity index (χ1v) is 4.40. The zero-order valence-corrected chi connectivity index (χ0v) is 7.59. The molecule has 0 bridgehead atoms. The van der Waals surface area contributed by atoms with Gasteiger partial charge in [-0.2, -0.15) is 0 Å². The Morgan fingerprint density at radius 2 is 0.867 bits per heavy atom. The Morgan fingerprint density at radius 1 is 0.533 bits per heavy atom. The van der Waals surface area contributed by atoms with E-state index < -0.39 is 0 Å². The molecule has 2 nitrogen and oxygen atoms in total. The minimum atomic E-state index is 0. The third-order valence-corrected chi connectivity index (χ3v) is 1.72. The van der Waals surface area contributed by atoms with Gasteiger partial charge in [0.25, 0.3) is 0 Å². The molecule has 15 heavy (non-hydrogen) atoms. The normalized spacial score (nSPS) is 8.80. The number of hydrogen-bond acceptors (Lipinski definition) is 2. The van der Waals surface area contributed by atoms with Gasteiger partial charge in [0, 0.05) is 0 Å². The fourth-order valence-electron chi connectivity index (χ4n) is 1.05. The van der Waals surface area contributed by atoms with Crippen molar-refractivity contribution in [2.24, 2.45) is 0 Å². The first-order valence-electron chi connectivity index (χ1n) is 4.40. The van der Waals surface area contributed by atoms with Crippen LogP contribution in [0, 0.1) is 0 Å². The van der Waals surface area contributed by atoms with E-state index in [2.05, 4.69) is 0 Å². The minimum absolute atomic E-state index is 0. The van der Waals surface area contributed by atoms with Crippen molar-refractivity contribution < 1.29 is 9.78 Å². The molecule has 2 aromatic carbocycles. The summed E-state index contributed by atoms with van der Waals surface area (Å²) in [5.74, 6) is 1.38. The Morgan fingerprint density at radius 3 is 1.20 bits per heavy atom. The molecule has 0 heterocycles. The predicted molar refractivity (Wildman–Crippen MR) is 61.3 cm³/mol. The molecule has 0 fully saturated rings. The van der Waals surface area contributed by atoms with Crippen LogP contribution in [0.2, 0.25) is 0 Å². The average Bonchev–Trinajstić information content (AvgIpc) is 2.29. The van der Waals surface area contributed by atoms with Crippen LogP contribution >= 0.6 is 0 Å². The molecule has 2 rings (SSSR count). The molecule has 0 radical (unpaired) electrons. The van der Waals surface area contributed by atoms with Crippen LogP contribution in [-0.4, -0.2) is 51.4 Å². The van der Waals surface area contributed by atoms with E-state index in [-0.39, 0.29) is 51.4 Å². The summed E-state index contributed by atoms with van der Waals surface area (Å²) >= 11 is 0. The summed E-state index contributed by atoms with van der Waals surface area (Å²) in [5.41, 5.74) is 0. The van der Waals surface area contributed by atoms with E-state index in [1.165, 1.54) is 0 Å². The van der Waals surface area contributed by atoms with Gasteiger partial charge in [-0.25, -0.2) is 0 Å². The van der Waals surface area contributed by atoms with Gasteiger partial charge < -0.3 is 0 Å². The van der Waals surface area contributed by atoms with E-state index in [1.54, 1.807) is 0 Å². The second kappa shape index (κ2) is 7.03. The van der Waals surface area contributed by atoms with Crippen LogP contribution < -0.4 is 9.78 Å². The van der Waals surface area contributed by atoms with Crippen LogP contribution in [0.1, 0.15) is 0 Å². The monoisotopic (exact) mass is 226 g/mol. The maximum atomic E-state index is 5.09. The second-order valence-electron chi connectivity index (χ2n) is 2.79. The maximum absolute atomic E-state index is 5.09. The molecule has 0 spiro atoms. The molecule has 0 aliphatic rings. The van der Waals surface area contributed by atoms with Crippen molar-refractivity contribution in [2.75, 3.05) is 0 Å². The number of benzene rings is 2. The van der Waals surface area contributed by atoms with Crippen molar-refractivity contribution in [3.05, 3.63) is 60.7 Å². The minimum Gasteiger partial charge on any atom is -0.290 e. The maximum Gasteiger partial charge on any atom is 0.178 e. The van der Waals surface area contributed by atoms with Crippen LogP contribution in [0.5, 0.6) is 11.5 Å². The van der Waals surface area contributed by atoms with Gasteiger partial charge in [0.15, 0.2) is 11.5 Å². The predicted octanol–water partition coefficient (Wildman–Crippen LogP) is 2.41. The van der Waals surface area contributed by atoms with Gasteiger partial charge in [-0.1, -0.05) is 36.4 Å². The smallest absolute Gasteiger partial charge is 0.178 e. The molecule has 0 unspecified atom stereocenters. The van der Waals surface area contributed by atoms with Gasteiger partial charge in [-0.15, -0.1) is 0 Å². The quantitative estimate of drug-likeness (QED) is 0.454. The summed E-state index contributed by atoms with van der Waals surface area (Å²) in [5, 5.41) is 0. The van der Waals surface area contributed by atoms with E-state index in [9.17, 15) is 0 Å². The Bertz CT molecular complexity index is 336. The molecule has 3 heteroatoms. The van der Waals surface area contributed by atoms with Gasteiger partial charge in [0.05, 0.1) is 0 Å². The summed E-state index contributed by atoms with van der Waals surface area (Å²) in [4.78, 5) is 10.2. The van der Waals surface area contributed by atoms with Crippen LogP contribution in [0.4, 0.5) is 0 Å². The van der Waals surface area contributed by atoms with E-state index in [0.717, 1.165) is 0 Å². The molecule has 0 saturated carbocycles. The van der Waals surface area contributed by atoms with Crippen molar-refractivity contribution in [2.45, 2.75) is 0 Å². The molecule has 0 saturated heterocycles. The van der Waals surface area contributed by atoms with Crippen molar-refractivity contribution in [1.82, 2.24) is 0 Å². The molecular weight excluding hydrogens is 215 g/mol. The molecule has 2 aromatic rings.